The van der Waals surface area contributed by atoms with Gasteiger partial charge in [-0.2, -0.15) is 11.8 Å². The molecule has 120 valence electrons. The quantitative estimate of drug-likeness (QED) is 0.838. The van der Waals surface area contributed by atoms with Gasteiger partial charge in [-0.1, -0.05) is 30.3 Å². The molecule has 0 bridgehead atoms. The summed E-state index contributed by atoms with van der Waals surface area (Å²) in [4.78, 5) is 25.3. The number of amides is 1. The van der Waals surface area contributed by atoms with Crippen LogP contribution in [0.4, 0.5) is 0 Å². The van der Waals surface area contributed by atoms with Crippen LogP contribution in [0.15, 0.2) is 30.3 Å². The molecule has 22 heavy (non-hydrogen) atoms. The molecule has 1 aromatic rings. The first-order valence-corrected chi connectivity index (χ1v) is 8.94. The van der Waals surface area contributed by atoms with E-state index in [9.17, 15) is 9.59 Å². The van der Waals surface area contributed by atoms with Crippen LogP contribution in [-0.4, -0.2) is 39.9 Å². The molecule has 1 aromatic carbocycles. The maximum absolute atomic E-state index is 12.7. The minimum atomic E-state index is -0.804. The first-order chi connectivity index (χ1) is 10.7. The van der Waals surface area contributed by atoms with Gasteiger partial charge in [-0.3, -0.25) is 9.59 Å². The van der Waals surface area contributed by atoms with Crippen molar-refractivity contribution >= 4 is 23.6 Å². The maximum Gasteiger partial charge on any atom is 0.303 e. The van der Waals surface area contributed by atoms with Crippen LogP contribution in [0.1, 0.15) is 31.2 Å². The first-order valence-electron chi connectivity index (χ1n) is 7.79. The molecule has 1 heterocycles. The molecule has 0 spiro atoms. The van der Waals surface area contributed by atoms with Crippen LogP contribution < -0.4 is 0 Å². The zero-order chi connectivity index (χ0) is 15.8. The molecule has 0 aliphatic carbocycles. The molecule has 1 aliphatic rings. The second-order valence-corrected chi connectivity index (χ2v) is 6.85. The van der Waals surface area contributed by atoms with Crippen molar-refractivity contribution in [3.63, 3.8) is 0 Å². The molecule has 1 fully saturated rings. The van der Waals surface area contributed by atoms with E-state index in [0.717, 1.165) is 29.9 Å². The Kier molecular flexibility index (Phi) is 6.77. The molecule has 1 aliphatic heterocycles. The van der Waals surface area contributed by atoms with Gasteiger partial charge in [0.1, 0.15) is 0 Å². The fourth-order valence-electron chi connectivity index (χ4n) is 2.69. The third kappa shape index (κ3) is 5.37. The second kappa shape index (κ2) is 8.83. The Morgan fingerprint density at radius 1 is 1.18 bits per heavy atom. The van der Waals surface area contributed by atoms with Gasteiger partial charge in [-0.15, -0.1) is 0 Å². The number of nitrogens with zero attached hydrogens (tertiary/aromatic N) is 1. The van der Waals surface area contributed by atoms with E-state index in [0.29, 0.717) is 19.5 Å². The van der Waals surface area contributed by atoms with Crippen molar-refractivity contribution < 1.29 is 14.7 Å². The number of hydrogen-bond donors (Lipinski definition) is 1. The average Bonchev–Trinajstić information content (AvgIpc) is 2.55. The summed E-state index contributed by atoms with van der Waals surface area (Å²) in [6, 6.07) is 9.90. The summed E-state index contributed by atoms with van der Waals surface area (Å²) in [7, 11) is 0. The molecule has 0 atom stereocenters. The number of carbonyl (C=O) groups is 2. The zero-order valence-electron chi connectivity index (χ0n) is 12.7. The van der Waals surface area contributed by atoms with Gasteiger partial charge in [0, 0.05) is 25.4 Å². The van der Waals surface area contributed by atoms with Crippen molar-refractivity contribution in [1.29, 1.82) is 0 Å². The number of carboxylic acids is 1. The minimum absolute atomic E-state index is 0.106. The average molecular weight is 321 g/mol. The smallest absolute Gasteiger partial charge is 0.303 e. The third-order valence-electron chi connectivity index (χ3n) is 3.92. The fraction of sp³-hybridized carbons (Fsp3) is 0.529. The largest absolute Gasteiger partial charge is 0.481 e. The van der Waals surface area contributed by atoms with Crippen LogP contribution in [0.5, 0.6) is 0 Å². The van der Waals surface area contributed by atoms with Crippen LogP contribution in [0.3, 0.4) is 0 Å². The molecule has 1 saturated heterocycles. The van der Waals surface area contributed by atoms with Gasteiger partial charge in [-0.05, 0) is 36.3 Å². The van der Waals surface area contributed by atoms with Crippen LogP contribution in [0, 0.1) is 5.92 Å². The number of hydrogen-bond acceptors (Lipinski definition) is 3. The summed E-state index contributed by atoms with van der Waals surface area (Å²) in [5, 5.41) is 8.80. The van der Waals surface area contributed by atoms with Gasteiger partial charge in [-0.25, -0.2) is 0 Å². The van der Waals surface area contributed by atoms with E-state index in [1.165, 1.54) is 0 Å². The van der Waals surface area contributed by atoms with Gasteiger partial charge in [0.25, 0.3) is 0 Å². The van der Waals surface area contributed by atoms with E-state index in [1.54, 1.807) is 0 Å². The van der Waals surface area contributed by atoms with Crippen LogP contribution in [-0.2, 0) is 16.1 Å². The van der Waals surface area contributed by atoms with E-state index in [-0.39, 0.29) is 18.2 Å². The molecule has 0 aromatic heterocycles. The molecule has 2 rings (SSSR count). The van der Waals surface area contributed by atoms with Crippen molar-refractivity contribution in [2.24, 2.45) is 5.92 Å². The second-order valence-electron chi connectivity index (χ2n) is 5.63. The zero-order valence-corrected chi connectivity index (χ0v) is 13.6. The van der Waals surface area contributed by atoms with Gasteiger partial charge >= 0.3 is 5.97 Å². The highest BCUT2D eigenvalue weighted by molar-refractivity contribution is 7.99. The molecule has 4 nitrogen and oxygen atoms in total. The number of rotatable bonds is 7. The highest BCUT2D eigenvalue weighted by Crippen LogP contribution is 2.25. The fourth-order valence-corrected chi connectivity index (χ4v) is 3.80. The van der Waals surface area contributed by atoms with Crippen LogP contribution in [0.2, 0.25) is 0 Å². The van der Waals surface area contributed by atoms with E-state index < -0.39 is 5.97 Å². The normalized spacial score (nSPS) is 15.5. The number of thioether (sulfide) groups is 1. The molecule has 0 saturated carbocycles. The number of aliphatic carboxylic acids is 1. The summed E-state index contributed by atoms with van der Waals surface area (Å²) in [6.45, 7) is 1.09. The van der Waals surface area contributed by atoms with Gasteiger partial charge < -0.3 is 10.0 Å². The Morgan fingerprint density at radius 2 is 1.86 bits per heavy atom. The standard InChI is InChI=1S/C17H23NO3S/c19-16(20)7-4-10-18(13-14-5-2-1-3-6-14)17(21)15-8-11-22-12-9-15/h1-3,5-6,15H,4,7-13H2,(H,19,20). The lowest BCUT2D eigenvalue weighted by Gasteiger charge is -2.29. The highest BCUT2D eigenvalue weighted by atomic mass is 32.2. The Morgan fingerprint density at radius 3 is 2.50 bits per heavy atom. The molecule has 0 unspecified atom stereocenters. The molecule has 0 radical (unpaired) electrons. The van der Waals surface area contributed by atoms with Crippen molar-refractivity contribution in [3.05, 3.63) is 35.9 Å². The van der Waals surface area contributed by atoms with Crippen LogP contribution in [0.25, 0.3) is 0 Å². The Balaban J connectivity index is 1.99. The van der Waals surface area contributed by atoms with Crippen molar-refractivity contribution in [3.8, 4) is 0 Å². The molecule has 1 N–H and O–H groups in total. The van der Waals surface area contributed by atoms with Gasteiger partial charge in [0.05, 0.1) is 0 Å². The van der Waals surface area contributed by atoms with Gasteiger partial charge in [0.15, 0.2) is 0 Å². The first kappa shape index (κ1) is 16.9. The minimum Gasteiger partial charge on any atom is -0.481 e. The van der Waals surface area contributed by atoms with E-state index >= 15 is 0 Å². The number of carbonyl (C=O) groups excluding carboxylic acids is 1. The Labute approximate surface area is 135 Å². The predicted octanol–water partition coefficient (Wildman–Crippen LogP) is 3.02. The lowest BCUT2D eigenvalue weighted by atomic mass is 10.0. The highest BCUT2D eigenvalue weighted by Gasteiger charge is 2.26. The topological polar surface area (TPSA) is 57.6 Å². The lowest BCUT2D eigenvalue weighted by molar-refractivity contribution is -0.139. The summed E-state index contributed by atoms with van der Waals surface area (Å²) in [5.41, 5.74) is 1.09. The number of benzene rings is 1. The van der Waals surface area contributed by atoms with Crippen LogP contribution >= 0.6 is 11.8 Å². The molecular formula is C17H23NO3S. The van der Waals surface area contributed by atoms with E-state index in [1.807, 2.05) is 47.0 Å². The van der Waals surface area contributed by atoms with E-state index in [2.05, 4.69) is 0 Å². The van der Waals surface area contributed by atoms with Crippen molar-refractivity contribution in [2.75, 3.05) is 18.1 Å². The van der Waals surface area contributed by atoms with E-state index in [4.69, 9.17) is 5.11 Å². The molecule has 5 heteroatoms. The van der Waals surface area contributed by atoms with Crippen molar-refractivity contribution in [2.45, 2.75) is 32.2 Å². The monoisotopic (exact) mass is 321 g/mol. The third-order valence-corrected chi connectivity index (χ3v) is 4.97. The van der Waals surface area contributed by atoms with Crippen molar-refractivity contribution in [1.82, 2.24) is 4.90 Å². The van der Waals surface area contributed by atoms with Gasteiger partial charge in [0.2, 0.25) is 5.91 Å². The molecule has 1 amide bonds. The molecular weight excluding hydrogens is 298 g/mol. The Bertz CT molecular complexity index is 486. The lowest BCUT2D eigenvalue weighted by Crippen LogP contribution is -2.38. The predicted molar refractivity (Wildman–Crippen MR) is 88.8 cm³/mol. The SMILES string of the molecule is O=C(O)CCCN(Cc1ccccc1)C(=O)C1CCSCC1. The summed E-state index contributed by atoms with van der Waals surface area (Å²) >= 11 is 1.91. The summed E-state index contributed by atoms with van der Waals surface area (Å²) in [6.07, 6.45) is 2.50. The number of carboxylic acid groups (broad SMARTS) is 1. The summed E-state index contributed by atoms with van der Waals surface area (Å²) < 4.78 is 0. The Hall–Kier alpha value is -1.49. The maximum atomic E-state index is 12.7. The summed E-state index contributed by atoms with van der Waals surface area (Å²) in [5.74, 6) is 1.58.